The van der Waals surface area contributed by atoms with Crippen LogP contribution in [-0.2, 0) is 12.8 Å². The molecule has 1 aliphatic carbocycles. The molecule has 0 unspecified atom stereocenters. The van der Waals surface area contributed by atoms with E-state index in [0.717, 1.165) is 33.9 Å². The summed E-state index contributed by atoms with van der Waals surface area (Å²) in [4.78, 5) is 12.7. The highest BCUT2D eigenvalue weighted by molar-refractivity contribution is 7.99. The maximum Gasteiger partial charge on any atom is 0.257 e. The minimum absolute atomic E-state index is 0.0623. The third-order valence-corrected chi connectivity index (χ3v) is 7.92. The Hall–Kier alpha value is -1.97. The quantitative estimate of drug-likeness (QED) is 0.345. The number of nitrogens with two attached hydrogens (primary N) is 1. The van der Waals surface area contributed by atoms with Gasteiger partial charge in [-0.25, -0.2) is 9.97 Å². The van der Waals surface area contributed by atoms with E-state index in [4.69, 9.17) is 15.1 Å². The zero-order chi connectivity index (χ0) is 19.3. The van der Waals surface area contributed by atoms with Gasteiger partial charge >= 0.3 is 0 Å². The van der Waals surface area contributed by atoms with E-state index in [1.807, 2.05) is 24.4 Å². The molecule has 4 heterocycles. The van der Waals surface area contributed by atoms with Crippen LogP contribution in [0.25, 0.3) is 21.0 Å². The maximum atomic E-state index is 6.34. The Bertz CT molecular complexity index is 1130. The van der Waals surface area contributed by atoms with Crippen LogP contribution in [0.15, 0.2) is 27.1 Å². The van der Waals surface area contributed by atoms with E-state index in [-0.39, 0.29) is 5.25 Å². The summed E-state index contributed by atoms with van der Waals surface area (Å²) in [5.41, 5.74) is 7.69. The fourth-order valence-corrected chi connectivity index (χ4v) is 6.41. The Morgan fingerprint density at radius 3 is 3.04 bits per heavy atom. The number of hydrogen-bond donors (Lipinski definition) is 1. The highest BCUT2D eigenvalue weighted by atomic mass is 32.2. The van der Waals surface area contributed by atoms with E-state index >= 15 is 0 Å². The van der Waals surface area contributed by atoms with Crippen LogP contribution in [0.1, 0.15) is 41.8 Å². The predicted molar refractivity (Wildman–Crippen MR) is 115 cm³/mol. The molecule has 4 aromatic rings. The molecule has 0 amide bonds. The van der Waals surface area contributed by atoms with Crippen LogP contribution in [0.4, 0.5) is 5.82 Å². The lowest BCUT2D eigenvalue weighted by atomic mass is 9.89. The largest absolute Gasteiger partial charge is 0.419 e. The number of aromatic nitrogens is 4. The fraction of sp³-hybridized carbons (Fsp3) is 0.368. The van der Waals surface area contributed by atoms with Crippen molar-refractivity contribution in [2.24, 2.45) is 5.92 Å². The van der Waals surface area contributed by atoms with Gasteiger partial charge in [-0.2, -0.15) is 0 Å². The van der Waals surface area contributed by atoms with E-state index in [1.165, 1.54) is 28.6 Å². The van der Waals surface area contributed by atoms with E-state index in [2.05, 4.69) is 22.1 Å². The normalized spacial score (nSPS) is 17.7. The molecule has 5 rings (SSSR count). The van der Waals surface area contributed by atoms with Crippen LogP contribution in [0.3, 0.4) is 0 Å². The predicted octanol–water partition coefficient (Wildman–Crippen LogP) is 5.36. The number of aryl methyl sites for hydroxylation is 1. The van der Waals surface area contributed by atoms with Crippen molar-refractivity contribution in [3.63, 3.8) is 0 Å². The zero-order valence-corrected chi connectivity index (χ0v) is 18.0. The minimum Gasteiger partial charge on any atom is -0.419 e. The Morgan fingerprint density at radius 2 is 2.21 bits per heavy atom. The zero-order valence-electron chi connectivity index (χ0n) is 15.5. The molecule has 0 fully saturated rings. The number of rotatable bonds is 4. The van der Waals surface area contributed by atoms with Crippen LogP contribution in [0, 0.1) is 5.92 Å². The molecule has 2 N–H and O–H groups in total. The van der Waals surface area contributed by atoms with E-state index in [0.29, 0.717) is 22.8 Å². The third kappa shape index (κ3) is 3.21. The first-order valence-corrected chi connectivity index (χ1v) is 11.8. The smallest absolute Gasteiger partial charge is 0.257 e. The number of nitrogens with zero attached hydrogens (tertiary/aromatic N) is 4. The molecular weight excluding hydrogens is 410 g/mol. The summed E-state index contributed by atoms with van der Waals surface area (Å²) in [5, 5.41) is 12.0. The molecule has 28 heavy (non-hydrogen) atoms. The van der Waals surface area contributed by atoms with Crippen molar-refractivity contribution in [2.45, 2.75) is 43.5 Å². The lowest BCUT2D eigenvalue weighted by Crippen LogP contribution is -2.09. The number of hydrogen-bond acceptors (Lipinski definition) is 9. The molecule has 0 saturated carbocycles. The third-order valence-electron chi connectivity index (χ3n) is 4.97. The summed E-state index contributed by atoms with van der Waals surface area (Å²) < 4.78 is 5.84. The van der Waals surface area contributed by atoms with Gasteiger partial charge in [0.05, 0.1) is 15.5 Å². The maximum absolute atomic E-state index is 6.34. The Balaban J connectivity index is 1.42. The number of thioether (sulfide) groups is 1. The lowest BCUT2D eigenvalue weighted by molar-refractivity contribution is 0.509. The average Bonchev–Trinajstić information content (AvgIpc) is 3.39. The van der Waals surface area contributed by atoms with Gasteiger partial charge in [0, 0.05) is 4.88 Å². The second-order valence-electron chi connectivity index (χ2n) is 7.11. The molecule has 0 aliphatic heterocycles. The molecule has 0 bridgehead atoms. The Labute approximate surface area is 174 Å². The topological polar surface area (TPSA) is 90.7 Å². The van der Waals surface area contributed by atoms with Crippen LogP contribution in [0.2, 0.25) is 0 Å². The van der Waals surface area contributed by atoms with Gasteiger partial charge in [-0.1, -0.05) is 24.8 Å². The Kier molecular flexibility index (Phi) is 4.60. The van der Waals surface area contributed by atoms with Gasteiger partial charge in [0.2, 0.25) is 5.89 Å². The van der Waals surface area contributed by atoms with E-state index in [9.17, 15) is 0 Å². The summed E-state index contributed by atoms with van der Waals surface area (Å²) in [6.45, 7) is 4.32. The lowest BCUT2D eigenvalue weighted by Gasteiger charge is -2.17. The van der Waals surface area contributed by atoms with E-state index in [1.54, 1.807) is 22.7 Å². The van der Waals surface area contributed by atoms with Gasteiger partial charge in [0.25, 0.3) is 5.89 Å². The molecule has 0 saturated heterocycles. The summed E-state index contributed by atoms with van der Waals surface area (Å²) in [5.74, 6) is 2.42. The van der Waals surface area contributed by atoms with Crippen molar-refractivity contribution in [3.05, 3.63) is 33.8 Å². The summed E-state index contributed by atoms with van der Waals surface area (Å²) in [6, 6.07) is 3.94. The molecule has 2 atom stereocenters. The molecule has 0 aromatic carbocycles. The second-order valence-corrected chi connectivity index (χ2v) is 10.4. The number of thiophene rings is 2. The van der Waals surface area contributed by atoms with Gasteiger partial charge < -0.3 is 10.2 Å². The summed E-state index contributed by atoms with van der Waals surface area (Å²) >= 11 is 4.84. The molecule has 0 radical (unpaired) electrons. The molecule has 1 aliphatic rings. The highest BCUT2D eigenvalue weighted by Gasteiger charge is 2.24. The number of fused-ring (bicyclic) bond motifs is 3. The van der Waals surface area contributed by atoms with Crippen LogP contribution in [0.5, 0.6) is 0 Å². The Morgan fingerprint density at radius 1 is 1.32 bits per heavy atom. The summed E-state index contributed by atoms with van der Waals surface area (Å²) in [7, 11) is 0. The molecule has 144 valence electrons. The van der Waals surface area contributed by atoms with Crippen molar-refractivity contribution in [1.82, 2.24) is 20.2 Å². The van der Waals surface area contributed by atoms with E-state index < -0.39 is 0 Å². The SMILES string of the molecule is C[C@H]1CCc2c(sc3nc(S[C@H](C)c4nnc(-c5cccs5)o4)nc(N)c23)C1. The summed E-state index contributed by atoms with van der Waals surface area (Å²) in [6.07, 6.45) is 3.39. The van der Waals surface area contributed by atoms with Crippen LogP contribution >= 0.6 is 34.4 Å². The van der Waals surface area contributed by atoms with Crippen molar-refractivity contribution in [2.75, 3.05) is 5.73 Å². The standard InChI is InChI=1S/C19H19N5OS3/c1-9-5-6-11-13(8-9)28-18-14(11)15(20)21-19(22-18)27-10(2)16-23-24-17(25-16)12-4-3-7-26-12/h3-4,7,9-10H,5-6,8H2,1-2H3,(H2,20,21,22)/t9-,10+/m0/s1. The van der Waals surface area contributed by atoms with Gasteiger partial charge in [0.1, 0.15) is 10.6 Å². The van der Waals surface area contributed by atoms with Crippen molar-refractivity contribution in [3.8, 4) is 10.8 Å². The minimum atomic E-state index is -0.0623. The van der Waals surface area contributed by atoms with Crippen molar-refractivity contribution < 1.29 is 4.42 Å². The molecule has 4 aromatic heterocycles. The first-order chi connectivity index (χ1) is 13.6. The van der Waals surface area contributed by atoms with Crippen molar-refractivity contribution in [1.29, 1.82) is 0 Å². The average molecular weight is 430 g/mol. The number of nitrogen functional groups attached to an aromatic ring is 1. The molecule has 0 spiro atoms. The van der Waals surface area contributed by atoms with Gasteiger partial charge in [-0.15, -0.1) is 32.9 Å². The van der Waals surface area contributed by atoms with Gasteiger partial charge in [-0.3, -0.25) is 0 Å². The number of anilines is 1. The van der Waals surface area contributed by atoms with Crippen LogP contribution in [-0.4, -0.2) is 20.2 Å². The molecule has 9 heteroatoms. The van der Waals surface area contributed by atoms with Crippen LogP contribution < -0.4 is 5.73 Å². The van der Waals surface area contributed by atoms with Gasteiger partial charge in [-0.05, 0) is 49.1 Å². The second kappa shape index (κ2) is 7.13. The first-order valence-electron chi connectivity index (χ1n) is 9.20. The fourth-order valence-electron chi connectivity index (χ4n) is 3.51. The first kappa shape index (κ1) is 18.1. The monoisotopic (exact) mass is 429 g/mol. The highest BCUT2D eigenvalue weighted by Crippen LogP contribution is 2.41. The molecular formula is C19H19N5OS3. The van der Waals surface area contributed by atoms with Gasteiger partial charge in [0.15, 0.2) is 5.16 Å². The molecule has 6 nitrogen and oxygen atoms in total. The van der Waals surface area contributed by atoms with Crippen molar-refractivity contribution >= 4 is 50.5 Å².